The molecule has 0 bridgehead atoms. The van der Waals surface area contributed by atoms with E-state index in [0.29, 0.717) is 23.0 Å². The van der Waals surface area contributed by atoms with Crippen LogP contribution in [0, 0.1) is 0 Å². The van der Waals surface area contributed by atoms with E-state index in [0.717, 1.165) is 36.3 Å². The Morgan fingerprint density at radius 3 is 2.12 bits per heavy atom. The van der Waals surface area contributed by atoms with Gasteiger partial charge in [0.1, 0.15) is 23.6 Å². The minimum Gasteiger partial charge on any atom is -0.490 e. The number of aromatic nitrogens is 2. The normalized spacial score (nSPS) is 20.5. The Hall–Kier alpha value is -5.62. The average molecular weight is 704 g/mol. The molecule has 3 N–H and O–H groups in total. The molecule has 0 radical (unpaired) electrons. The average Bonchev–Trinajstić information content (AvgIpc) is 3.37. The monoisotopic (exact) mass is 703 g/mol. The van der Waals surface area contributed by atoms with Gasteiger partial charge in [-0.3, -0.25) is 29.4 Å². The standard InChI is InChI=1S/C40H41N5O7/c1-4-40(5-2,25-8-13-29(14-9-25)52-36-19-16-33(23(3)46)43-44-36)24-6-11-28(12-7-24)51-30-20-27(21-30)41-26-10-15-31-32(22-26)39(50)45(38(31)49)34-17-18-35(47)42-37(34)48/h6-16,19,22-23,27,30,34,41,46H,4-5,17-18,20-21H2,1-3H3,(H,42,47,48)/t23?,27-,30-,34?. The van der Waals surface area contributed by atoms with Crippen LogP contribution in [0.1, 0.15) is 103 Å². The zero-order chi connectivity index (χ0) is 36.6. The summed E-state index contributed by atoms with van der Waals surface area (Å²) in [6.07, 6.45) is 2.90. The SMILES string of the molecule is CCC(CC)(c1ccc(Oc2ccc(C(C)O)nn2)cc1)c1ccc(O[C@H]2C[C@H](Nc3ccc4c(c3)C(=O)N(C3CCC(=O)NC3=O)C4=O)C2)cc1. The largest absolute Gasteiger partial charge is 0.490 e. The number of piperidine rings is 1. The first-order valence-corrected chi connectivity index (χ1v) is 17.8. The lowest BCUT2D eigenvalue weighted by atomic mass is 9.70. The number of anilines is 1. The molecule has 4 aromatic rings. The van der Waals surface area contributed by atoms with E-state index >= 15 is 0 Å². The first kappa shape index (κ1) is 34.8. The van der Waals surface area contributed by atoms with E-state index in [1.54, 1.807) is 37.3 Å². The zero-order valence-corrected chi connectivity index (χ0v) is 29.3. The van der Waals surface area contributed by atoms with Crippen molar-refractivity contribution in [3.8, 4) is 17.4 Å². The van der Waals surface area contributed by atoms with Crippen LogP contribution in [-0.4, -0.2) is 62.0 Å². The molecular formula is C40H41N5O7. The Morgan fingerprint density at radius 1 is 0.865 bits per heavy atom. The summed E-state index contributed by atoms with van der Waals surface area (Å²) >= 11 is 0. The van der Waals surface area contributed by atoms with Gasteiger partial charge in [0.25, 0.3) is 11.8 Å². The Labute approximate surface area is 301 Å². The summed E-state index contributed by atoms with van der Waals surface area (Å²) in [6, 6.07) is 24.0. The van der Waals surface area contributed by atoms with E-state index in [1.807, 2.05) is 24.3 Å². The number of benzene rings is 3. The molecule has 3 aromatic carbocycles. The van der Waals surface area contributed by atoms with Gasteiger partial charge in [-0.25, -0.2) is 0 Å². The molecule has 2 unspecified atom stereocenters. The molecule has 3 heterocycles. The second-order valence-electron chi connectivity index (χ2n) is 13.7. The number of hydrogen-bond donors (Lipinski definition) is 3. The van der Waals surface area contributed by atoms with Crippen LogP contribution < -0.4 is 20.1 Å². The molecular weight excluding hydrogens is 662 g/mol. The van der Waals surface area contributed by atoms with Gasteiger partial charge in [-0.15, -0.1) is 10.2 Å². The van der Waals surface area contributed by atoms with Crippen molar-refractivity contribution in [3.63, 3.8) is 0 Å². The lowest BCUT2D eigenvalue weighted by Gasteiger charge is -2.37. The van der Waals surface area contributed by atoms with Gasteiger partial charge in [-0.05, 0) is 85.8 Å². The molecule has 268 valence electrons. The van der Waals surface area contributed by atoms with Gasteiger partial charge in [0.15, 0.2) is 0 Å². The zero-order valence-electron chi connectivity index (χ0n) is 29.3. The highest BCUT2D eigenvalue weighted by Crippen LogP contribution is 2.41. The van der Waals surface area contributed by atoms with Gasteiger partial charge in [-0.1, -0.05) is 38.1 Å². The van der Waals surface area contributed by atoms with Crippen LogP contribution in [0.15, 0.2) is 78.9 Å². The minimum atomic E-state index is -0.990. The maximum Gasteiger partial charge on any atom is 0.262 e. The van der Waals surface area contributed by atoms with Gasteiger partial charge in [0, 0.05) is 42.5 Å². The molecule has 2 aliphatic heterocycles. The van der Waals surface area contributed by atoms with Gasteiger partial charge in [0.2, 0.25) is 17.7 Å². The third-order valence-corrected chi connectivity index (χ3v) is 10.5. The van der Waals surface area contributed by atoms with Crippen molar-refractivity contribution >= 4 is 29.3 Å². The van der Waals surface area contributed by atoms with Crippen molar-refractivity contribution in [2.45, 2.75) is 89.0 Å². The Kier molecular flexibility index (Phi) is 9.50. The van der Waals surface area contributed by atoms with Crippen molar-refractivity contribution in [3.05, 3.63) is 107 Å². The molecule has 1 aromatic heterocycles. The summed E-state index contributed by atoms with van der Waals surface area (Å²) in [5.74, 6) is -0.262. The molecule has 1 saturated carbocycles. The molecule has 2 atom stereocenters. The molecule has 12 heteroatoms. The number of fused-ring (bicyclic) bond motifs is 1. The molecule has 4 amide bonds. The number of amides is 4. The van der Waals surface area contributed by atoms with E-state index in [4.69, 9.17) is 9.47 Å². The maximum atomic E-state index is 13.2. The fourth-order valence-electron chi connectivity index (χ4n) is 7.42. The minimum absolute atomic E-state index is 0.0339. The van der Waals surface area contributed by atoms with Gasteiger partial charge in [0.05, 0.1) is 22.9 Å². The fourth-order valence-corrected chi connectivity index (χ4v) is 7.42. The van der Waals surface area contributed by atoms with Crippen LogP contribution in [0.3, 0.4) is 0 Å². The van der Waals surface area contributed by atoms with Crippen molar-refractivity contribution in [1.29, 1.82) is 0 Å². The number of ether oxygens (including phenoxy) is 2. The van der Waals surface area contributed by atoms with Crippen LogP contribution in [0.2, 0.25) is 0 Å². The van der Waals surface area contributed by atoms with Crippen molar-refractivity contribution in [2.75, 3.05) is 5.32 Å². The fraction of sp³-hybridized carbons (Fsp3) is 0.350. The lowest BCUT2D eigenvalue weighted by molar-refractivity contribution is -0.136. The highest BCUT2D eigenvalue weighted by Gasteiger charge is 2.45. The Bertz CT molecular complexity index is 1990. The van der Waals surface area contributed by atoms with Gasteiger partial charge < -0.3 is 19.9 Å². The molecule has 0 spiro atoms. The molecule has 7 rings (SSSR count). The summed E-state index contributed by atoms with van der Waals surface area (Å²) < 4.78 is 12.2. The van der Waals surface area contributed by atoms with E-state index in [2.05, 4.69) is 58.9 Å². The molecule has 1 aliphatic carbocycles. The molecule has 2 fully saturated rings. The van der Waals surface area contributed by atoms with Crippen molar-refractivity contribution < 1.29 is 33.8 Å². The predicted molar refractivity (Wildman–Crippen MR) is 191 cm³/mol. The maximum absolute atomic E-state index is 13.2. The topological polar surface area (TPSA) is 160 Å². The summed E-state index contributed by atoms with van der Waals surface area (Å²) in [5.41, 5.74) is 3.90. The van der Waals surface area contributed by atoms with E-state index < -0.39 is 35.8 Å². The summed E-state index contributed by atoms with van der Waals surface area (Å²) in [6.45, 7) is 6.03. The second-order valence-corrected chi connectivity index (χ2v) is 13.7. The Morgan fingerprint density at radius 2 is 1.52 bits per heavy atom. The smallest absolute Gasteiger partial charge is 0.262 e. The number of nitrogens with zero attached hydrogens (tertiary/aromatic N) is 3. The van der Waals surface area contributed by atoms with Crippen molar-refractivity contribution in [2.24, 2.45) is 0 Å². The summed E-state index contributed by atoms with van der Waals surface area (Å²) in [4.78, 5) is 51.1. The number of aliphatic hydroxyl groups excluding tert-OH is 1. The lowest BCUT2D eigenvalue weighted by Crippen LogP contribution is -2.54. The number of nitrogens with one attached hydrogen (secondary N) is 2. The molecule has 1 saturated heterocycles. The van der Waals surface area contributed by atoms with Crippen LogP contribution in [0.4, 0.5) is 5.69 Å². The van der Waals surface area contributed by atoms with Crippen LogP contribution in [0.25, 0.3) is 0 Å². The van der Waals surface area contributed by atoms with Crippen LogP contribution in [-0.2, 0) is 15.0 Å². The first-order chi connectivity index (χ1) is 25.1. The predicted octanol–water partition coefficient (Wildman–Crippen LogP) is 5.85. The van der Waals surface area contributed by atoms with Gasteiger partial charge >= 0.3 is 0 Å². The highest BCUT2D eigenvalue weighted by molar-refractivity contribution is 6.23. The first-order valence-electron chi connectivity index (χ1n) is 17.8. The third-order valence-electron chi connectivity index (χ3n) is 10.5. The van der Waals surface area contributed by atoms with Gasteiger partial charge in [-0.2, -0.15) is 0 Å². The summed E-state index contributed by atoms with van der Waals surface area (Å²) in [5, 5.41) is 23.4. The number of carbonyl (C=O) groups excluding carboxylic acids is 4. The quantitative estimate of drug-likeness (QED) is 0.153. The number of imide groups is 2. The van der Waals surface area contributed by atoms with Crippen molar-refractivity contribution in [1.82, 2.24) is 20.4 Å². The highest BCUT2D eigenvalue weighted by atomic mass is 16.5. The van der Waals surface area contributed by atoms with E-state index in [1.165, 1.54) is 11.1 Å². The van der Waals surface area contributed by atoms with E-state index in [-0.39, 0.29) is 41.5 Å². The second kappa shape index (κ2) is 14.2. The number of hydrogen-bond acceptors (Lipinski definition) is 10. The summed E-state index contributed by atoms with van der Waals surface area (Å²) in [7, 11) is 0. The molecule has 3 aliphatic rings. The number of aliphatic hydroxyl groups is 1. The van der Waals surface area contributed by atoms with Crippen LogP contribution >= 0.6 is 0 Å². The third kappa shape index (κ3) is 6.61. The Balaban J connectivity index is 0.940. The van der Waals surface area contributed by atoms with Crippen LogP contribution in [0.5, 0.6) is 17.4 Å². The molecule has 52 heavy (non-hydrogen) atoms. The van der Waals surface area contributed by atoms with E-state index in [9.17, 15) is 24.3 Å². The number of carbonyl (C=O) groups is 4. The molecule has 12 nitrogen and oxygen atoms in total. The number of rotatable bonds is 12.